The molecule has 0 aliphatic carbocycles. The van der Waals surface area contributed by atoms with E-state index in [4.69, 9.17) is 16.3 Å². The highest BCUT2D eigenvalue weighted by Crippen LogP contribution is 2.41. The van der Waals surface area contributed by atoms with Gasteiger partial charge in [0.2, 0.25) is 5.95 Å². The number of fused-ring (bicyclic) bond motifs is 2. The number of tetrazole rings is 1. The Hall–Kier alpha value is -3.72. The Balaban J connectivity index is 1.81. The summed E-state index contributed by atoms with van der Waals surface area (Å²) in [6.07, 6.45) is 0. The molecule has 9 nitrogen and oxygen atoms in total. The second-order valence-corrected chi connectivity index (χ2v) is 6.88. The SMILES string of the molecule is COc1cccc([C@@H]2c3c(-c4ccc(Cl)cc4)n[nH]c(=O)c3Nc3nnnn32)c1. The average molecular weight is 408 g/mol. The Bertz CT molecular complexity index is 1270. The Labute approximate surface area is 169 Å². The monoisotopic (exact) mass is 407 g/mol. The molecule has 0 unspecified atom stereocenters. The van der Waals surface area contributed by atoms with E-state index in [2.05, 4.69) is 31.0 Å². The first-order chi connectivity index (χ1) is 14.2. The van der Waals surface area contributed by atoms with Crippen molar-refractivity contribution < 1.29 is 4.74 Å². The lowest BCUT2D eigenvalue weighted by Gasteiger charge is -2.28. The quantitative estimate of drug-likeness (QED) is 0.473. The molecule has 3 heterocycles. The summed E-state index contributed by atoms with van der Waals surface area (Å²) in [7, 11) is 1.60. The molecule has 10 heteroatoms. The van der Waals surface area contributed by atoms with E-state index < -0.39 is 6.04 Å². The van der Waals surface area contributed by atoms with Crippen LogP contribution in [0.25, 0.3) is 11.3 Å². The van der Waals surface area contributed by atoms with E-state index >= 15 is 0 Å². The maximum absolute atomic E-state index is 12.6. The number of nitrogens with zero attached hydrogens (tertiary/aromatic N) is 5. The topological polar surface area (TPSA) is 111 Å². The second kappa shape index (κ2) is 6.71. The number of anilines is 2. The molecule has 0 bridgehead atoms. The fourth-order valence-electron chi connectivity index (χ4n) is 3.49. The van der Waals surface area contributed by atoms with Crippen molar-refractivity contribution in [2.45, 2.75) is 6.04 Å². The highest BCUT2D eigenvalue weighted by atomic mass is 35.5. The fourth-order valence-corrected chi connectivity index (χ4v) is 3.61. The molecule has 0 saturated heterocycles. The van der Waals surface area contributed by atoms with E-state index in [1.807, 2.05) is 36.4 Å². The molecule has 29 heavy (non-hydrogen) atoms. The minimum absolute atomic E-state index is 0.347. The Morgan fingerprint density at radius 1 is 1.17 bits per heavy atom. The summed E-state index contributed by atoms with van der Waals surface area (Å²) in [6.45, 7) is 0. The third-order valence-electron chi connectivity index (χ3n) is 4.80. The number of aromatic nitrogens is 6. The largest absolute Gasteiger partial charge is 0.497 e. The zero-order valence-corrected chi connectivity index (χ0v) is 15.9. The molecule has 2 N–H and O–H groups in total. The number of benzene rings is 2. The van der Waals surface area contributed by atoms with Crippen molar-refractivity contribution in [1.82, 2.24) is 30.4 Å². The molecule has 0 amide bonds. The van der Waals surface area contributed by atoms with E-state index in [0.29, 0.717) is 33.7 Å². The number of ether oxygens (including phenoxy) is 1. The zero-order valence-electron chi connectivity index (χ0n) is 15.1. The minimum atomic E-state index is -0.480. The first kappa shape index (κ1) is 17.4. The van der Waals surface area contributed by atoms with Crippen LogP contribution in [0.4, 0.5) is 11.6 Å². The van der Waals surface area contributed by atoms with Crippen LogP contribution in [-0.2, 0) is 0 Å². The van der Waals surface area contributed by atoms with Gasteiger partial charge in [-0.2, -0.15) is 9.78 Å². The zero-order chi connectivity index (χ0) is 20.0. The van der Waals surface area contributed by atoms with Gasteiger partial charge >= 0.3 is 0 Å². The van der Waals surface area contributed by atoms with Crippen LogP contribution in [0, 0.1) is 0 Å². The number of methoxy groups -OCH3 is 1. The number of hydrogen-bond acceptors (Lipinski definition) is 7. The van der Waals surface area contributed by atoms with Gasteiger partial charge in [-0.1, -0.05) is 41.0 Å². The average Bonchev–Trinajstić information content (AvgIpc) is 3.22. The van der Waals surface area contributed by atoms with E-state index in [0.717, 1.165) is 11.1 Å². The maximum Gasteiger partial charge on any atom is 0.288 e. The smallest absolute Gasteiger partial charge is 0.288 e. The number of halogens is 1. The Morgan fingerprint density at radius 2 is 2.00 bits per heavy atom. The van der Waals surface area contributed by atoms with Gasteiger partial charge in [0, 0.05) is 16.1 Å². The summed E-state index contributed by atoms with van der Waals surface area (Å²) in [6, 6.07) is 14.3. The van der Waals surface area contributed by atoms with Gasteiger partial charge in [0.25, 0.3) is 5.56 Å². The lowest BCUT2D eigenvalue weighted by atomic mass is 9.92. The third kappa shape index (κ3) is 2.83. The molecule has 0 saturated carbocycles. The molecule has 0 fully saturated rings. The number of aromatic amines is 1. The van der Waals surface area contributed by atoms with Crippen molar-refractivity contribution in [1.29, 1.82) is 0 Å². The van der Waals surface area contributed by atoms with Crippen molar-refractivity contribution in [2.75, 3.05) is 12.4 Å². The van der Waals surface area contributed by atoms with Crippen LogP contribution >= 0.6 is 11.6 Å². The summed E-state index contributed by atoms with van der Waals surface area (Å²) in [5.74, 6) is 1.05. The summed E-state index contributed by atoms with van der Waals surface area (Å²) < 4.78 is 7.00. The predicted octanol–water partition coefficient (Wildman–Crippen LogP) is 2.78. The van der Waals surface area contributed by atoms with Gasteiger partial charge in [-0.3, -0.25) is 4.79 Å². The Morgan fingerprint density at radius 3 is 2.79 bits per heavy atom. The summed E-state index contributed by atoms with van der Waals surface area (Å²) in [4.78, 5) is 12.6. The number of nitrogens with one attached hydrogen (secondary N) is 2. The molecule has 2 aromatic heterocycles. The standard InChI is InChI=1S/C19H14ClN7O2/c1-29-13-4-2-3-11(9-13)17-14-15(10-5-7-12(20)8-6-10)22-23-18(28)16(14)21-19-24-25-26-27(17)19/h2-9,17H,1H3,(H,23,28)(H,21,24,26)/t17-/m1/s1. The Kier molecular flexibility index (Phi) is 4.02. The van der Waals surface area contributed by atoms with E-state index in [9.17, 15) is 4.79 Å². The van der Waals surface area contributed by atoms with Crippen LogP contribution in [-0.4, -0.2) is 37.5 Å². The maximum atomic E-state index is 12.6. The lowest BCUT2D eigenvalue weighted by Crippen LogP contribution is -2.29. The van der Waals surface area contributed by atoms with Gasteiger partial charge in [-0.05, 0) is 40.3 Å². The molecule has 144 valence electrons. The van der Waals surface area contributed by atoms with Gasteiger partial charge in [0.05, 0.1) is 12.8 Å². The highest BCUT2D eigenvalue weighted by molar-refractivity contribution is 6.30. The normalized spacial score (nSPS) is 14.6. The van der Waals surface area contributed by atoms with E-state index in [1.54, 1.807) is 23.9 Å². The lowest BCUT2D eigenvalue weighted by molar-refractivity contribution is 0.413. The van der Waals surface area contributed by atoms with Crippen LogP contribution in [0.3, 0.4) is 0 Å². The molecule has 2 aromatic carbocycles. The molecule has 1 atom stereocenters. The molecule has 4 aromatic rings. The van der Waals surface area contributed by atoms with Crippen molar-refractivity contribution in [3.63, 3.8) is 0 Å². The number of hydrogen-bond donors (Lipinski definition) is 2. The summed E-state index contributed by atoms with van der Waals surface area (Å²) in [5, 5.41) is 22.4. The first-order valence-corrected chi connectivity index (χ1v) is 9.11. The third-order valence-corrected chi connectivity index (χ3v) is 5.05. The summed E-state index contributed by atoms with van der Waals surface area (Å²) >= 11 is 6.04. The molecule has 0 radical (unpaired) electrons. The molecule has 1 aliphatic rings. The first-order valence-electron chi connectivity index (χ1n) is 8.73. The molecular formula is C19H14ClN7O2. The second-order valence-electron chi connectivity index (χ2n) is 6.45. The van der Waals surface area contributed by atoms with E-state index in [1.165, 1.54) is 0 Å². The van der Waals surface area contributed by atoms with Crippen molar-refractivity contribution in [3.8, 4) is 17.0 Å². The van der Waals surface area contributed by atoms with Crippen LogP contribution in [0.5, 0.6) is 5.75 Å². The van der Waals surface area contributed by atoms with Crippen LogP contribution in [0.1, 0.15) is 17.2 Å². The van der Waals surface area contributed by atoms with Gasteiger partial charge in [0.15, 0.2) is 0 Å². The predicted molar refractivity (Wildman–Crippen MR) is 107 cm³/mol. The number of H-pyrrole nitrogens is 1. The van der Waals surface area contributed by atoms with Gasteiger partial charge < -0.3 is 10.1 Å². The van der Waals surface area contributed by atoms with Crippen molar-refractivity contribution >= 4 is 23.2 Å². The summed E-state index contributed by atoms with van der Waals surface area (Å²) in [5.41, 5.74) is 2.89. The van der Waals surface area contributed by atoms with Gasteiger partial charge in [0.1, 0.15) is 17.5 Å². The molecule has 0 spiro atoms. The highest BCUT2D eigenvalue weighted by Gasteiger charge is 2.34. The fraction of sp³-hybridized carbons (Fsp3) is 0.105. The van der Waals surface area contributed by atoms with E-state index in [-0.39, 0.29) is 5.56 Å². The van der Waals surface area contributed by atoms with Gasteiger partial charge in [-0.15, -0.1) is 0 Å². The van der Waals surface area contributed by atoms with Gasteiger partial charge in [-0.25, -0.2) is 5.10 Å². The molecular weight excluding hydrogens is 394 g/mol. The van der Waals surface area contributed by atoms with Crippen molar-refractivity contribution in [3.05, 3.63) is 75.0 Å². The van der Waals surface area contributed by atoms with Crippen molar-refractivity contribution in [2.24, 2.45) is 0 Å². The minimum Gasteiger partial charge on any atom is -0.497 e. The van der Waals surface area contributed by atoms with Crippen LogP contribution in [0.15, 0.2) is 53.3 Å². The van der Waals surface area contributed by atoms with Crippen LogP contribution in [0.2, 0.25) is 5.02 Å². The van der Waals surface area contributed by atoms with Crippen LogP contribution < -0.4 is 15.6 Å². The number of rotatable bonds is 3. The molecule has 5 rings (SSSR count). The molecule has 1 aliphatic heterocycles.